The summed E-state index contributed by atoms with van der Waals surface area (Å²) in [5.74, 6) is 1.58. The molecule has 0 spiro atoms. The van der Waals surface area contributed by atoms with E-state index in [1.807, 2.05) is 67.7 Å². The number of amides is 1. The molecule has 3 aromatic rings. The van der Waals surface area contributed by atoms with Crippen LogP contribution in [0.2, 0.25) is 0 Å². The molecule has 0 radical (unpaired) electrons. The smallest absolute Gasteiger partial charge is 0.408 e. The number of carbonyl (C=O) groups excluding carboxylic acids is 2. The Kier molecular flexibility index (Phi) is 10.1. The van der Waals surface area contributed by atoms with Crippen molar-refractivity contribution in [1.29, 1.82) is 0 Å². The molecule has 7 rings (SSSR count). The average Bonchev–Trinajstić information content (AvgIpc) is 3.43. The van der Waals surface area contributed by atoms with Crippen molar-refractivity contribution in [3.8, 4) is 0 Å². The van der Waals surface area contributed by atoms with Crippen molar-refractivity contribution in [2.75, 3.05) is 6.54 Å². The first-order valence-electron chi connectivity index (χ1n) is 17.3. The van der Waals surface area contributed by atoms with Crippen LogP contribution in [0.1, 0.15) is 82.3 Å². The van der Waals surface area contributed by atoms with Crippen molar-refractivity contribution in [3.05, 3.63) is 71.9 Å². The Balaban J connectivity index is 1.20. The number of aromatic nitrogens is 1. The highest BCUT2D eigenvalue weighted by molar-refractivity contribution is 5.96. The molecule has 8 nitrogen and oxygen atoms in total. The Hall–Kier alpha value is -3.65. The van der Waals surface area contributed by atoms with Gasteiger partial charge in [-0.1, -0.05) is 61.4 Å². The number of carboxylic acids is 1. The summed E-state index contributed by atoms with van der Waals surface area (Å²) >= 11 is 0. The Bertz CT molecular complexity index is 1470. The van der Waals surface area contributed by atoms with Crippen LogP contribution in [0.3, 0.4) is 0 Å². The standard InChI is InChI=1S/C38H49N3O5/c1-38(23-30-24-40-32-14-9-8-13-31(30)32,41-37(45)46-35-28-18-26-17-27(20-28)21-29(35)19-26)36(44)33(22-25-11-5-4-6-12-25)39-16-10-3-2-7-15-34(42)43/h4-6,8-9,11-14,24,26-29,33,35,39-40H,2-3,7,10,15-23H2,1H3,(H,41,45)(H,42,43). The molecule has 2 atom stereocenters. The van der Waals surface area contributed by atoms with Gasteiger partial charge in [0.2, 0.25) is 0 Å². The van der Waals surface area contributed by atoms with Crippen LogP contribution in [0.15, 0.2) is 60.8 Å². The number of nitrogens with one attached hydrogen (secondary N) is 3. The summed E-state index contributed by atoms with van der Waals surface area (Å²) in [6.07, 6.45) is 11.5. The molecule has 4 aliphatic rings. The fourth-order valence-electron chi connectivity index (χ4n) is 8.82. The molecule has 2 aromatic carbocycles. The maximum Gasteiger partial charge on any atom is 0.408 e. The van der Waals surface area contributed by atoms with Crippen molar-refractivity contribution < 1.29 is 24.2 Å². The van der Waals surface area contributed by atoms with Crippen molar-refractivity contribution in [1.82, 2.24) is 15.6 Å². The quantitative estimate of drug-likeness (QED) is 0.129. The number of hydrogen-bond donors (Lipinski definition) is 4. The maximum absolute atomic E-state index is 14.7. The second-order valence-electron chi connectivity index (χ2n) is 14.4. The number of benzene rings is 2. The Morgan fingerprint density at radius 1 is 0.913 bits per heavy atom. The van der Waals surface area contributed by atoms with Crippen LogP contribution in [-0.4, -0.2) is 52.2 Å². The van der Waals surface area contributed by atoms with Gasteiger partial charge >= 0.3 is 12.1 Å². The summed E-state index contributed by atoms with van der Waals surface area (Å²) in [4.78, 5) is 42.7. The summed E-state index contributed by atoms with van der Waals surface area (Å²) in [5.41, 5.74) is 1.78. The molecule has 4 bridgehead atoms. The largest absolute Gasteiger partial charge is 0.481 e. The van der Waals surface area contributed by atoms with E-state index in [4.69, 9.17) is 9.84 Å². The topological polar surface area (TPSA) is 121 Å². The van der Waals surface area contributed by atoms with E-state index in [9.17, 15) is 14.4 Å². The van der Waals surface area contributed by atoms with E-state index in [1.165, 1.54) is 6.42 Å². The zero-order valence-corrected chi connectivity index (χ0v) is 27.0. The van der Waals surface area contributed by atoms with Gasteiger partial charge in [0.1, 0.15) is 11.6 Å². The number of aromatic amines is 1. The highest BCUT2D eigenvalue weighted by Crippen LogP contribution is 2.54. The molecule has 0 saturated heterocycles. The number of ketones is 1. The minimum atomic E-state index is -1.22. The van der Waals surface area contributed by atoms with Crippen molar-refractivity contribution in [2.24, 2.45) is 23.7 Å². The number of H-pyrrole nitrogens is 1. The molecular formula is C38H49N3O5. The molecule has 1 heterocycles. The van der Waals surface area contributed by atoms with Gasteiger partial charge < -0.3 is 25.5 Å². The van der Waals surface area contributed by atoms with Crippen LogP contribution < -0.4 is 10.6 Å². The molecule has 8 heteroatoms. The van der Waals surface area contributed by atoms with Crippen molar-refractivity contribution >= 4 is 28.7 Å². The number of para-hydroxylation sites is 1. The third-order valence-corrected chi connectivity index (χ3v) is 10.8. The van der Waals surface area contributed by atoms with E-state index in [1.54, 1.807) is 0 Å². The Morgan fingerprint density at radius 3 is 2.30 bits per heavy atom. The van der Waals surface area contributed by atoms with Gasteiger partial charge in [0.25, 0.3) is 0 Å². The second kappa shape index (κ2) is 14.4. The number of fused-ring (bicyclic) bond motifs is 1. The lowest BCUT2D eigenvalue weighted by Crippen LogP contribution is -2.61. The van der Waals surface area contributed by atoms with Gasteiger partial charge in [-0.05, 0) is 106 Å². The second-order valence-corrected chi connectivity index (χ2v) is 14.4. The van der Waals surface area contributed by atoms with Crippen LogP contribution >= 0.6 is 0 Å². The summed E-state index contributed by atoms with van der Waals surface area (Å²) in [6.45, 7) is 2.47. The number of unbranched alkanes of at least 4 members (excludes halogenated alkanes) is 3. The monoisotopic (exact) mass is 627 g/mol. The first-order chi connectivity index (χ1) is 22.3. The van der Waals surface area contributed by atoms with Crippen LogP contribution in [0, 0.1) is 23.7 Å². The van der Waals surface area contributed by atoms with Crippen LogP contribution in [0.25, 0.3) is 10.9 Å². The number of alkyl carbamates (subject to hydrolysis) is 1. The fourth-order valence-corrected chi connectivity index (χ4v) is 8.82. The van der Waals surface area contributed by atoms with Gasteiger partial charge in [-0.3, -0.25) is 9.59 Å². The number of carbonyl (C=O) groups is 3. The van der Waals surface area contributed by atoms with E-state index in [2.05, 4.69) is 15.6 Å². The predicted molar refractivity (Wildman–Crippen MR) is 179 cm³/mol. The third-order valence-electron chi connectivity index (χ3n) is 10.8. The molecule has 4 aliphatic carbocycles. The molecular weight excluding hydrogens is 578 g/mol. The molecule has 1 amide bonds. The number of rotatable bonds is 16. The van der Waals surface area contributed by atoms with E-state index in [0.717, 1.165) is 78.8 Å². The molecule has 4 fully saturated rings. The fraction of sp³-hybridized carbons (Fsp3) is 0.553. The summed E-state index contributed by atoms with van der Waals surface area (Å²) in [6, 6.07) is 17.5. The highest BCUT2D eigenvalue weighted by Gasteiger charge is 2.50. The van der Waals surface area contributed by atoms with Crippen LogP contribution in [0.4, 0.5) is 4.79 Å². The van der Waals surface area contributed by atoms with Crippen LogP contribution in [-0.2, 0) is 27.2 Å². The number of aliphatic carboxylic acids is 1. The average molecular weight is 628 g/mol. The summed E-state index contributed by atoms with van der Waals surface area (Å²) < 4.78 is 6.26. The minimum absolute atomic E-state index is 0.0698. The molecule has 4 N–H and O–H groups in total. The van der Waals surface area contributed by atoms with Crippen molar-refractivity contribution in [2.45, 2.75) is 102 Å². The number of ether oxygens (including phenoxy) is 1. The van der Waals surface area contributed by atoms with Gasteiger partial charge in [-0.15, -0.1) is 0 Å². The highest BCUT2D eigenvalue weighted by atomic mass is 16.6. The molecule has 1 aromatic heterocycles. The number of Topliss-reactive ketones (excluding diaryl/α,β-unsaturated/α-hetero) is 1. The van der Waals surface area contributed by atoms with E-state index < -0.39 is 23.6 Å². The first kappa shape index (κ1) is 32.3. The SMILES string of the molecule is CC(Cc1c[nH]c2ccccc12)(NC(=O)OC1C2CC3CC(C2)CC1C3)C(=O)C(Cc1ccccc1)NCCCCCCC(=O)O. The predicted octanol–water partition coefficient (Wildman–Crippen LogP) is 6.83. The molecule has 2 unspecified atom stereocenters. The molecule has 246 valence electrons. The third kappa shape index (κ3) is 7.65. The van der Waals surface area contributed by atoms with Gasteiger partial charge in [0, 0.05) is 29.9 Å². The molecule has 4 saturated carbocycles. The Morgan fingerprint density at radius 2 is 1.59 bits per heavy atom. The zero-order chi connectivity index (χ0) is 32.1. The van der Waals surface area contributed by atoms with E-state index in [-0.39, 0.29) is 18.3 Å². The normalized spacial score (nSPS) is 25.2. The molecule has 0 aliphatic heterocycles. The minimum Gasteiger partial charge on any atom is -0.481 e. The van der Waals surface area contributed by atoms with Gasteiger partial charge in [0.05, 0.1) is 6.04 Å². The number of hydrogen-bond acceptors (Lipinski definition) is 5. The maximum atomic E-state index is 14.7. The van der Waals surface area contributed by atoms with E-state index >= 15 is 0 Å². The lowest BCUT2D eigenvalue weighted by molar-refractivity contribution is -0.137. The number of carboxylic acid groups (broad SMARTS) is 1. The zero-order valence-electron chi connectivity index (χ0n) is 27.0. The van der Waals surface area contributed by atoms with Crippen molar-refractivity contribution in [3.63, 3.8) is 0 Å². The summed E-state index contributed by atoms with van der Waals surface area (Å²) in [5, 5.41) is 16.6. The lowest BCUT2D eigenvalue weighted by atomic mass is 9.55. The van der Waals surface area contributed by atoms with Gasteiger partial charge in [-0.25, -0.2) is 4.79 Å². The van der Waals surface area contributed by atoms with Gasteiger partial charge in [0.15, 0.2) is 5.78 Å². The summed E-state index contributed by atoms with van der Waals surface area (Å²) in [7, 11) is 0. The first-order valence-corrected chi connectivity index (χ1v) is 17.3. The van der Waals surface area contributed by atoms with E-state index in [0.29, 0.717) is 37.6 Å². The molecule has 46 heavy (non-hydrogen) atoms. The lowest BCUT2D eigenvalue weighted by Gasteiger charge is -2.53. The Labute approximate surface area is 272 Å². The van der Waals surface area contributed by atoms with Crippen LogP contribution in [0.5, 0.6) is 0 Å². The van der Waals surface area contributed by atoms with Gasteiger partial charge in [-0.2, -0.15) is 0 Å².